The van der Waals surface area contributed by atoms with Crippen molar-refractivity contribution in [1.82, 2.24) is 15.0 Å². The summed E-state index contributed by atoms with van der Waals surface area (Å²) in [5.41, 5.74) is 6.24. The van der Waals surface area contributed by atoms with Crippen LogP contribution in [-0.2, 0) is 13.0 Å². The lowest BCUT2D eigenvalue weighted by Gasteiger charge is -2.27. The van der Waals surface area contributed by atoms with Gasteiger partial charge in [0, 0.05) is 54.1 Å². The normalized spacial score (nSPS) is 13.1. The average Bonchev–Trinajstić information content (AvgIpc) is 3.16. The fourth-order valence-corrected chi connectivity index (χ4v) is 3.93. The number of aromatic carboxylic acids is 1. The number of aromatic amines is 1. The molecule has 0 spiro atoms. The molecule has 0 bridgehead atoms. The van der Waals surface area contributed by atoms with Crippen molar-refractivity contribution in [3.63, 3.8) is 0 Å². The van der Waals surface area contributed by atoms with Gasteiger partial charge in [-0.3, -0.25) is 0 Å². The quantitative estimate of drug-likeness (QED) is 0.547. The molecule has 5 rings (SSSR count). The van der Waals surface area contributed by atoms with E-state index in [1.807, 2.05) is 18.2 Å². The minimum Gasteiger partial charge on any atom is -0.478 e. The Morgan fingerprint density at radius 1 is 1.13 bits per heavy atom. The van der Waals surface area contributed by atoms with Gasteiger partial charge < -0.3 is 15.0 Å². The van der Waals surface area contributed by atoms with Crippen molar-refractivity contribution in [1.29, 1.82) is 5.26 Å². The van der Waals surface area contributed by atoms with Gasteiger partial charge in [0.2, 0.25) is 5.95 Å². The molecule has 1 aliphatic heterocycles. The van der Waals surface area contributed by atoms with Crippen LogP contribution in [-0.4, -0.2) is 32.6 Å². The fourth-order valence-electron chi connectivity index (χ4n) is 3.93. The largest absolute Gasteiger partial charge is 0.478 e. The van der Waals surface area contributed by atoms with Crippen LogP contribution >= 0.6 is 0 Å². The first kappa shape index (κ1) is 17.9. The number of carboxylic acid groups (broad SMARTS) is 1. The molecule has 1 aliphatic rings. The van der Waals surface area contributed by atoms with Crippen molar-refractivity contribution in [2.45, 2.75) is 13.0 Å². The Bertz CT molecular complexity index is 1320. The van der Waals surface area contributed by atoms with E-state index in [0.29, 0.717) is 18.1 Å². The number of aromatic nitrogens is 3. The molecule has 0 amide bonds. The lowest BCUT2D eigenvalue weighted by molar-refractivity contribution is 0.0696. The highest BCUT2D eigenvalue weighted by Crippen LogP contribution is 2.32. The van der Waals surface area contributed by atoms with Gasteiger partial charge in [-0.05, 0) is 35.4 Å². The summed E-state index contributed by atoms with van der Waals surface area (Å²) in [4.78, 5) is 25.1. The highest BCUT2D eigenvalue weighted by atomic mass is 16.4. The molecule has 3 heterocycles. The summed E-state index contributed by atoms with van der Waals surface area (Å²) in [6.45, 7) is 1.40. The molecule has 7 nitrogen and oxygen atoms in total. The molecule has 30 heavy (non-hydrogen) atoms. The van der Waals surface area contributed by atoms with Crippen molar-refractivity contribution in [3.8, 4) is 17.2 Å². The number of carbonyl (C=O) groups is 1. The third-order valence-electron chi connectivity index (χ3n) is 5.47. The van der Waals surface area contributed by atoms with Crippen LogP contribution in [0.4, 0.5) is 5.95 Å². The number of nitriles is 1. The maximum absolute atomic E-state index is 11.0. The molecule has 7 heteroatoms. The Morgan fingerprint density at radius 3 is 2.70 bits per heavy atom. The predicted molar refractivity (Wildman–Crippen MR) is 112 cm³/mol. The molecule has 146 valence electrons. The Hall–Kier alpha value is -4.18. The molecule has 0 aliphatic carbocycles. The van der Waals surface area contributed by atoms with Gasteiger partial charge in [0.25, 0.3) is 0 Å². The van der Waals surface area contributed by atoms with E-state index in [-0.39, 0.29) is 5.56 Å². The first-order valence-corrected chi connectivity index (χ1v) is 9.56. The average molecular weight is 395 g/mol. The Morgan fingerprint density at radius 2 is 1.93 bits per heavy atom. The van der Waals surface area contributed by atoms with E-state index in [4.69, 9.17) is 5.11 Å². The van der Waals surface area contributed by atoms with Gasteiger partial charge in [-0.15, -0.1) is 0 Å². The van der Waals surface area contributed by atoms with Crippen LogP contribution in [0.2, 0.25) is 0 Å². The zero-order valence-corrected chi connectivity index (χ0v) is 16.0. The van der Waals surface area contributed by atoms with Gasteiger partial charge in [0.05, 0.1) is 17.2 Å². The molecule has 2 aromatic heterocycles. The number of benzene rings is 2. The number of rotatable bonds is 3. The smallest absolute Gasteiger partial charge is 0.338 e. The van der Waals surface area contributed by atoms with Gasteiger partial charge in [0.15, 0.2) is 0 Å². The molecule has 2 aromatic carbocycles. The van der Waals surface area contributed by atoms with E-state index < -0.39 is 5.97 Å². The van der Waals surface area contributed by atoms with Crippen LogP contribution in [0.3, 0.4) is 0 Å². The molecular formula is C23H17N5O2. The third-order valence-corrected chi connectivity index (χ3v) is 5.47. The zero-order chi connectivity index (χ0) is 20.7. The number of carboxylic acids is 1. The van der Waals surface area contributed by atoms with Gasteiger partial charge in [-0.1, -0.05) is 18.2 Å². The lowest BCUT2D eigenvalue weighted by atomic mass is 9.99. The topological polar surface area (TPSA) is 106 Å². The maximum atomic E-state index is 11.0. The van der Waals surface area contributed by atoms with E-state index in [0.717, 1.165) is 35.0 Å². The maximum Gasteiger partial charge on any atom is 0.338 e. The third kappa shape index (κ3) is 3.05. The van der Waals surface area contributed by atoms with E-state index in [9.17, 15) is 10.1 Å². The number of H-pyrrole nitrogens is 1. The molecule has 0 fully saturated rings. The second-order valence-corrected chi connectivity index (χ2v) is 7.28. The second kappa shape index (κ2) is 7.01. The van der Waals surface area contributed by atoms with Crippen molar-refractivity contribution in [2.24, 2.45) is 0 Å². The number of hydrogen-bond donors (Lipinski definition) is 2. The Balaban J connectivity index is 1.51. The van der Waals surface area contributed by atoms with Crippen LogP contribution in [0.5, 0.6) is 0 Å². The highest BCUT2D eigenvalue weighted by molar-refractivity contribution is 5.90. The molecule has 4 aromatic rings. The molecular weight excluding hydrogens is 378 g/mol. The van der Waals surface area contributed by atoms with E-state index >= 15 is 0 Å². The molecule has 0 unspecified atom stereocenters. The van der Waals surface area contributed by atoms with Crippen LogP contribution in [0, 0.1) is 11.3 Å². The minimum absolute atomic E-state index is 0.0767. The van der Waals surface area contributed by atoms with Crippen LogP contribution < -0.4 is 4.90 Å². The summed E-state index contributed by atoms with van der Waals surface area (Å²) >= 11 is 0. The monoisotopic (exact) mass is 395 g/mol. The molecule has 0 saturated heterocycles. The van der Waals surface area contributed by atoms with Gasteiger partial charge in [-0.25, -0.2) is 14.8 Å². The summed E-state index contributed by atoms with van der Waals surface area (Å²) in [6, 6.07) is 16.1. The summed E-state index contributed by atoms with van der Waals surface area (Å²) < 4.78 is 0. The Kier molecular flexibility index (Phi) is 4.18. The molecule has 0 radical (unpaired) electrons. The van der Waals surface area contributed by atoms with Crippen molar-refractivity contribution in [3.05, 3.63) is 77.2 Å². The summed E-state index contributed by atoms with van der Waals surface area (Å²) in [6.07, 6.45) is 3.51. The summed E-state index contributed by atoms with van der Waals surface area (Å²) in [5.74, 6) is -0.509. The minimum atomic E-state index is -1.04. The fraction of sp³-hybridized carbons (Fsp3) is 0.130. The predicted octanol–water partition coefficient (Wildman–Crippen LogP) is 3.76. The molecule has 0 atom stereocenters. The second-order valence-electron chi connectivity index (χ2n) is 7.28. The number of fused-ring (bicyclic) bond motifs is 3. The number of nitrogens with zero attached hydrogens (tertiary/aromatic N) is 4. The zero-order valence-electron chi connectivity index (χ0n) is 16.0. The Labute approximate surface area is 172 Å². The van der Waals surface area contributed by atoms with Gasteiger partial charge in [-0.2, -0.15) is 5.26 Å². The molecule has 2 N–H and O–H groups in total. The van der Waals surface area contributed by atoms with Gasteiger partial charge >= 0.3 is 5.97 Å². The van der Waals surface area contributed by atoms with Crippen molar-refractivity contribution < 1.29 is 9.90 Å². The highest BCUT2D eigenvalue weighted by Gasteiger charge is 2.23. The first-order valence-electron chi connectivity index (χ1n) is 9.56. The van der Waals surface area contributed by atoms with Gasteiger partial charge in [0.1, 0.15) is 0 Å². The first-order chi connectivity index (χ1) is 14.6. The number of nitrogens with one attached hydrogen (secondary N) is 1. The van der Waals surface area contributed by atoms with Crippen LogP contribution in [0.25, 0.3) is 22.0 Å². The summed E-state index contributed by atoms with van der Waals surface area (Å²) in [5, 5.41) is 19.4. The number of anilines is 1. The van der Waals surface area contributed by atoms with E-state index in [1.54, 1.807) is 6.07 Å². The number of hydrogen-bond acceptors (Lipinski definition) is 5. The SMILES string of the molecule is N#Cc1cccc(-c2ccc3[nH]c4c(c3c2)CN(c2ncc(C(=O)O)cn2)CC4)c1. The summed E-state index contributed by atoms with van der Waals surface area (Å²) in [7, 11) is 0. The van der Waals surface area contributed by atoms with Crippen LogP contribution in [0.15, 0.2) is 54.9 Å². The standard InChI is InChI=1S/C23H17N5O2/c24-10-14-2-1-3-15(8-14)16-4-5-20-18(9-16)19-13-28(7-6-21(19)27-20)23-25-11-17(12-26-23)22(29)30/h1-5,8-9,11-12,27H,6-7,13H2,(H,29,30). The molecule has 0 saturated carbocycles. The van der Waals surface area contributed by atoms with E-state index in [1.165, 1.54) is 23.7 Å². The van der Waals surface area contributed by atoms with E-state index in [2.05, 4.69) is 44.1 Å². The lowest BCUT2D eigenvalue weighted by Crippen LogP contribution is -2.31. The van der Waals surface area contributed by atoms with Crippen LogP contribution in [0.1, 0.15) is 27.2 Å². The van der Waals surface area contributed by atoms with Crippen molar-refractivity contribution in [2.75, 3.05) is 11.4 Å². The van der Waals surface area contributed by atoms with Crippen molar-refractivity contribution >= 4 is 22.8 Å².